The Labute approximate surface area is 197 Å². The fourth-order valence-corrected chi connectivity index (χ4v) is 4.24. The van der Waals surface area contributed by atoms with Gasteiger partial charge in [-0.2, -0.15) is 0 Å². The van der Waals surface area contributed by atoms with Crippen molar-refractivity contribution in [2.24, 2.45) is 0 Å². The Bertz CT molecular complexity index is 1360. The third kappa shape index (κ3) is 4.89. The van der Waals surface area contributed by atoms with Crippen molar-refractivity contribution in [1.82, 2.24) is 24.9 Å². The molecule has 33 heavy (non-hydrogen) atoms. The summed E-state index contributed by atoms with van der Waals surface area (Å²) in [6.45, 7) is 0.638. The maximum Gasteiger partial charge on any atom is 0.233 e. The number of rotatable bonds is 8. The van der Waals surface area contributed by atoms with Gasteiger partial charge in [0.2, 0.25) is 11.8 Å². The molecule has 0 atom stereocenters. The first-order chi connectivity index (χ1) is 16.2. The quantitative estimate of drug-likeness (QED) is 0.329. The van der Waals surface area contributed by atoms with Gasteiger partial charge in [0, 0.05) is 33.9 Å². The number of nitrogens with one attached hydrogen (secondary N) is 1. The molecule has 1 aromatic carbocycles. The van der Waals surface area contributed by atoms with Gasteiger partial charge in [-0.25, -0.2) is 4.98 Å². The Morgan fingerprint density at radius 2 is 2.00 bits per heavy atom. The summed E-state index contributed by atoms with van der Waals surface area (Å²) in [7, 11) is 0. The molecule has 0 aliphatic rings. The van der Waals surface area contributed by atoms with Crippen molar-refractivity contribution in [3.63, 3.8) is 0 Å². The fraction of sp³-hybridized carbons (Fsp3) is 0.130. The van der Waals surface area contributed by atoms with Gasteiger partial charge < -0.3 is 14.5 Å². The van der Waals surface area contributed by atoms with Gasteiger partial charge in [0.25, 0.3) is 0 Å². The number of aromatic nitrogens is 4. The minimum Gasteiger partial charge on any atom is -0.475 e. The number of nitrogens with zero attached hydrogens (tertiary/aromatic N) is 4. The standard InChI is InChI=1S/C23H18ClN5O3S/c24-16-5-3-15(4-6-16)19-13-29-17(14-33-23(29)26-19)12-21(30)25-9-11-32-22-8-7-18(27-28-22)20-2-1-10-31-20/h1-8,10,13-14H,9,11-12H2,(H,25,30). The molecule has 1 amide bonds. The van der Waals surface area contributed by atoms with E-state index in [-0.39, 0.29) is 18.9 Å². The van der Waals surface area contributed by atoms with E-state index in [1.165, 1.54) is 11.3 Å². The van der Waals surface area contributed by atoms with E-state index in [9.17, 15) is 4.79 Å². The number of furan rings is 1. The lowest BCUT2D eigenvalue weighted by molar-refractivity contribution is -0.120. The van der Waals surface area contributed by atoms with E-state index in [1.54, 1.807) is 24.5 Å². The molecule has 0 saturated heterocycles. The first-order valence-corrected chi connectivity index (χ1v) is 11.4. The number of hydrogen-bond donors (Lipinski definition) is 1. The Kier molecular flexibility index (Phi) is 6.05. The monoisotopic (exact) mass is 479 g/mol. The minimum atomic E-state index is -0.0979. The maximum absolute atomic E-state index is 12.4. The van der Waals surface area contributed by atoms with E-state index in [0.717, 1.165) is 21.9 Å². The molecule has 0 saturated carbocycles. The third-order valence-electron chi connectivity index (χ3n) is 4.85. The summed E-state index contributed by atoms with van der Waals surface area (Å²) < 4.78 is 12.8. The van der Waals surface area contributed by atoms with Crippen LogP contribution < -0.4 is 10.1 Å². The average molecular weight is 480 g/mol. The molecule has 4 aromatic heterocycles. The summed E-state index contributed by atoms with van der Waals surface area (Å²) in [5.41, 5.74) is 3.32. The van der Waals surface area contributed by atoms with Crippen LogP contribution in [0.2, 0.25) is 5.02 Å². The van der Waals surface area contributed by atoms with Gasteiger partial charge in [0.05, 0.1) is 24.9 Å². The number of hydrogen-bond acceptors (Lipinski definition) is 7. The minimum absolute atomic E-state index is 0.0979. The summed E-state index contributed by atoms with van der Waals surface area (Å²) in [6, 6.07) is 14.6. The van der Waals surface area contributed by atoms with Crippen molar-refractivity contribution in [2.45, 2.75) is 6.42 Å². The van der Waals surface area contributed by atoms with E-state index in [1.807, 2.05) is 46.3 Å². The number of fused-ring (bicyclic) bond motifs is 1. The molecular weight excluding hydrogens is 462 g/mol. The van der Waals surface area contributed by atoms with E-state index in [4.69, 9.17) is 20.8 Å². The normalized spacial score (nSPS) is 11.1. The van der Waals surface area contributed by atoms with Gasteiger partial charge in [0.1, 0.15) is 12.3 Å². The van der Waals surface area contributed by atoms with Crippen LogP contribution in [0.15, 0.2) is 70.8 Å². The van der Waals surface area contributed by atoms with E-state index < -0.39 is 0 Å². The van der Waals surface area contributed by atoms with Crippen LogP contribution in [0.25, 0.3) is 27.7 Å². The number of carbonyl (C=O) groups is 1. The number of halogens is 1. The lowest BCUT2D eigenvalue weighted by atomic mass is 10.2. The van der Waals surface area contributed by atoms with E-state index >= 15 is 0 Å². The molecule has 5 rings (SSSR count). The second-order valence-corrected chi connectivity index (χ2v) is 8.39. The van der Waals surface area contributed by atoms with Crippen molar-refractivity contribution >= 4 is 33.8 Å². The van der Waals surface area contributed by atoms with Gasteiger partial charge in [-0.1, -0.05) is 23.7 Å². The largest absolute Gasteiger partial charge is 0.475 e. The van der Waals surface area contributed by atoms with Crippen LogP contribution in [-0.2, 0) is 11.2 Å². The van der Waals surface area contributed by atoms with Gasteiger partial charge in [-0.3, -0.25) is 9.20 Å². The zero-order valence-corrected chi connectivity index (χ0v) is 18.8. The van der Waals surface area contributed by atoms with Gasteiger partial charge in [-0.05, 0) is 30.3 Å². The van der Waals surface area contributed by atoms with Crippen LogP contribution in [-0.4, -0.2) is 38.6 Å². The van der Waals surface area contributed by atoms with Crippen molar-refractivity contribution in [2.75, 3.05) is 13.2 Å². The zero-order chi connectivity index (χ0) is 22.6. The molecule has 5 aromatic rings. The highest BCUT2D eigenvalue weighted by atomic mass is 35.5. The Morgan fingerprint density at radius 3 is 2.76 bits per heavy atom. The molecule has 1 N–H and O–H groups in total. The van der Waals surface area contributed by atoms with E-state index in [2.05, 4.69) is 20.5 Å². The predicted octanol–water partition coefficient (Wildman–Crippen LogP) is 4.50. The second-order valence-electron chi connectivity index (χ2n) is 7.12. The molecule has 0 bridgehead atoms. The lowest BCUT2D eigenvalue weighted by Gasteiger charge is -2.07. The third-order valence-corrected chi connectivity index (χ3v) is 5.99. The van der Waals surface area contributed by atoms with Crippen LogP contribution in [0.4, 0.5) is 0 Å². The lowest BCUT2D eigenvalue weighted by Crippen LogP contribution is -2.29. The first-order valence-electron chi connectivity index (χ1n) is 10.1. The zero-order valence-electron chi connectivity index (χ0n) is 17.3. The topological polar surface area (TPSA) is 94.6 Å². The molecule has 0 fully saturated rings. The number of thiazole rings is 1. The number of ether oxygens (including phenoxy) is 1. The van der Waals surface area contributed by atoms with Gasteiger partial charge in [-0.15, -0.1) is 21.5 Å². The van der Waals surface area contributed by atoms with Crippen LogP contribution >= 0.6 is 22.9 Å². The van der Waals surface area contributed by atoms with Crippen molar-refractivity contribution in [1.29, 1.82) is 0 Å². The van der Waals surface area contributed by atoms with E-state index in [0.29, 0.717) is 28.9 Å². The highest BCUT2D eigenvalue weighted by molar-refractivity contribution is 7.15. The molecule has 8 nitrogen and oxygen atoms in total. The van der Waals surface area contributed by atoms with Crippen LogP contribution in [0.1, 0.15) is 5.69 Å². The molecule has 0 aliphatic heterocycles. The summed E-state index contributed by atoms with van der Waals surface area (Å²) in [5, 5.41) is 13.6. The average Bonchev–Trinajstić information content (AvgIpc) is 3.57. The molecular formula is C23H18ClN5O3S. The number of amides is 1. The Morgan fingerprint density at radius 1 is 1.12 bits per heavy atom. The molecule has 0 radical (unpaired) electrons. The molecule has 166 valence electrons. The highest BCUT2D eigenvalue weighted by Gasteiger charge is 2.13. The van der Waals surface area contributed by atoms with Crippen LogP contribution in [0.5, 0.6) is 5.88 Å². The highest BCUT2D eigenvalue weighted by Crippen LogP contribution is 2.25. The van der Waals surface area contributed by atoms with Crippen LogP contribution in [0, 0.1) is 0 Å². The number of imidazole rings is 1. The second kappa shape index (κ2) is 9.43. The summed E-state index contributed by atoms with van der Waals surface area (Å²) in [4.78, 5) is 17.9. The molecule has 0 spiro atoms. The van der Waals surface area contributed by atoms with Gasteiger partial charge in [0.15, 0.2) is 10.7 Å². The fourth-order valence-electron chi connectivity index (χ4n) is 3.24. The molecule has 4 heterocycles. The maximum atomic E-state index is 12.4. The van der Waals surface area contributed by atoms with Crippen molar-refractivity contribution < 1.29 is 13.9 Å². The predicted molar refractivity (Wildman–Crippen MR) is 125 cm³/mol. The van der Waals surface area contributed by atoms with Crippen molar-refractivity contribution in [3.8, 4) is 28.6 Å². The summed E-state index contributed by atoms with van der Waals surface area (Å²) in [5.74, 6) is 0.925. The number of carbonyl (C=O) groups excluding carboxylic acids is 1. The smallest absolute Gasteiger partial charge is 0.233 e. The Balaban J connectivity index is 1.12. The number of benzene rings is 1. The van der Waals surface area contributed by atoms with Gasteiger partial charge >= 0.3 is 0 Å². The summed E-state index contributed by atoms with van der Waals surface area (Å²) in [6.07, 6.45) is 3.76. The molecule has 10 heteroatoms. The molecule has 0 unspecified atom stereocenters. The van der Waals surface area contributed by atoms with Crippen molar-refractivity contribution in [3.05, 3.63) is 77.1 Å². The van der Waals surface area contributed by atoms with Crippen LogP contribution in [0.3, 0.4) is 0 Å². The Hall–Kier alpha value is -3.69. The molecule has 0 aliphatic carbocycles. The SMILES string of the molecule is O=C(Cc1csc2nc(-c3ccc(Cl)cc3)cn12)NCCOc1ccc(-c2ccco2)nn1. The first kappa shape index (κ1) is 21.2. The summed E-state index contributed by atoms with van der Waals surface area (Å²) >= 11 is 7.46.